The molecule has 1 rings (SSSR count). The SMILES string of the molecule is CCOC(=O)C(C)(C)NCc1ccccc1[N+](=O)[O-]. The van der Waals surface area contributed by atoms with Gasteiger partial charge >= 0.3 is 5.97 Å². The van der Waals surface area contributed by atoms with Crippen molar-refractivity contribution in [1.82, 2.24) is 5.32 Å². The summed E-state index contributed by atoms with van der Waals surface area (Å²) >= 11 is 0. The molecule has 6 nitrogen and oxygen atoms in total. The van der Waals surface area contributed by atoms with Gasteiger partial charge in [-0.25, -0.2) is 0 Å². The fourth-order valence-electron chi connectivity index (χ4n) is 1.54. The fraction of sp³-hybridized carbons (Fsp3) is 0.462. The van der Waals surface area contributed by atoms with Gasteiger partial charge in [0, 0.05) is 18.2 Å². The van der Waals surface area contributed by atoms with Crippen molar-refractivity contribution in [2.24, 2.45) is 0 Å². The van der Waals surface area contributed by atoms with Crippen LogP contribution in [0.4, 0.5) is 5.69 Å². The van der Waals surface area contributed by atoms with E-state index in [1.165, 1.54) is 6.07 Å². The zero-order valence-electron chi connectivity index (χ0n) is 11.3. The number of nitrogens with zero attached hydrogens (tertiary/aromatic N) is 1. The Morgan fingerprint density at radius 1 is 1.42 bits per heavy atom. The molecule has 0 unspecified atom stereocenters. The first-order valence-corrected chi connectivity index (χ1v) is 6.03. The molecule has 1 aromatic carbocycles. The molecule has 0 atom stereocenters. The lowest BCUT2D eigenvalue weighted by molar-refractivity contribution is -0.385. The summed E-state index contributed by atoms with van der Waals surface area (Å²) in [6.07, 6.45) is 0. The molecule has 1 N–H and O–H groups in total. The van der Waals surface area contributed by atoms with Crippen LogP contribution in [0, 0.1) is 10.1 Å². The summed E-state index contributed by atoms with van der Waals surface area (Å²) in [5.41, 5.74) is -0.320. The third-order valence-corrected chi connectivity index (χ3v) is 2.69. The van der Waals surface area contributed by atoms with E-state index in [0.29, 0.717) is 12.2 Å². The number of nitro groups is 1. The van der Waals surface area contributed by atoms with Crippen LogP contribution in [0.1, 0.15) is 26.3 Å². The summed E-state index contributed by atoms with van der Waals surface area (Å²) in [5.74, 6) is -0.381. The molecule has 19 heavy (non-hydrogen) atoms. The smallest absolute Gasteiger partial charge is 0.325 e. The van der Waals surface area contributed by atoms with E-state index in [-0.39, 0.29) is 18.2 Å². The summed E-state index contributed by atoms with van der Waals surface area (Å²) in [4.78, 5) is 22.1. The highest BCUT2D eigenvalue weighted by Gasteiger charge is 2.29. The molecule has 0 saturated heterocycles. The minimum Gasteiger partial charge on any atom is -0.465 e. The van der Waals surface area contributed by atoms with Crippen LogP contribution in [0.25, 0.3) is 0 Å². The summed E-state index contributed by atoms with van der Waals surface area (Å²) in [7, 11) is 0. The quantitative estimate of drug-likeness (QED) is 0.484. The molecule has 0 aromatic heterocycles. The highest BCUT2D eigenvalue weighted by atomic mass is 16.6. The predicted octanol–water partition coefficient (Wildman–Crippen LogP) is 2.03. The molecular formula is C13H18N2O4. The van der Waals surface area contributed by atoms with Crippen LogP contribution in [0.5, 0.6) is 0 Å². The fourth-order valence-corrected chi connectivity index (χ4v) is 1.54. The largest absolute Gasteiger partial charge is 0.465 e. The highest BCUT2D eigenvalue weighted by molar-refractivity contribution is 5.79. The molecule has 0 bridgehead atoms. The van der Waals surface area contributed by atoms with Gasteiger partial charge in [0.1, 0.15) is 5.54 Å². The van der Waals surface area contributed by atoms with Gasteiger partial charge in [-0.1, -0.05) is 18.2 Å². The van der Waals surface area contributed by atoms with Crippen molar-refractivity contribution in [1.29, 1.82) is 0 Å². The molecular weight excluding hydrogens is 248 g/mol. The van der Waals surface area contributed by atoms with Crippen LogP contribution in [0.3, 0.4) is 0 Å². The van der Waals surface area contributed by atoms with E-state index in [9.17, 15) is 14.9 Å². The number of rotatable bonds is 6. The Balaban J connectivity index is 2.77. The van der Waals surface area contributed by atoms with Gasteiger partial charge in [0.2, 0.25) is 0 Å². The van der Waals surface area contributed by atoms with Crippen molar-refractivity contribution in [2.75, 3.05) is 6.61 Å². The van der Waals surface area contributed by atoms with Gasteiger partial charge in [-0.2, -0.15) is 0 Å². The lowest BCUT2D eigenvalue weighted by Gasteiger charge is -2.23. The molecule has 0 aliphatic heterocycles. The molecule has 0 aliphatic rings. The number of ether oxygens (including phenoxy) is 1. The predicted molar refractivity (Wildman–Crippen MR) is 70.6 cm³/mol. The van der Waals surface area contributed by atoms with Crippen molar-refractivity contribution in [3.63, 3.8) is 0 Å². The number of para-hydroxylation sites is 1. The molecule has 0 amide bonds. The molecule has 104 valence electrons. The maximum Gasteiger partial charge on any atom is 0.325 e. The Bertz CT molecular complexity index is 471. The molecule has 0 aliphatic carbocycles. The second-order valence-electron chi connectivity index (χ2n) is 4.58. The zero-order chi connectivity index (χ0) is 14.5. The monoisotopic (exact) mass is 266 g/mol. The molecule has 0 saturated carbocycles. The van der Waals surface area contributed by atoms with Gasteiger partial charge in [0.05, 0.1) is 11.5 Å². The van der Waals surface area contributed by atoms with Gasteiger partial charge < -0.3 is 4.74 Å². The van der Waals surface area contributed by atoms with E-state index in [1.54, 1.807) is 39.0 Å². The average molecular weight is 266 g/mol. The first-order valence-electron chi connectivity index (χ1n) is 6.03. The highest BCUT2D eigenvalue weighted by Crippen LogP contribution is 2.18. The summed E-state index contributed by atoms with van der Waals surface area (Å²) in [6.45, 7) is 5.62. The lowest BCUT2D eigenvalue weighted by Crippen LogP contribution is -2.47. The number of esters is 1. The van der Waals surface area contributed by atoms with Gasteiger partial charge in [-0.3, -0.25) is 20.2 Å². The van der Waals surface area contributed by atoms with E-state index in [0.717, 1.165) is 0 Å². The Hall–Kier alpha value is -1.95. The van der Waals surface area contributed by atoms with Crippen molar-refractivity contribution in [3.05, 3.63) is 39.9 Å². The second kappa shape index (κ2) is 6.29. The van der Waals surface area contributed by atoms with Gasteiger partial charge in [-0.05, 0) is 20.8 Å². The number of hydrogen-bond donors (Lipinski definition) is 1. The van der Waals surface area contributed by atoms with Crippen LogP contribution in [0.2, 0.25) is 0 Å². The third-order valence-electron chi connectivity index (χ3n) is 2.69. The van der Waals surface area contributed by atoms with Crippen molar-refractivity contribution < 1.29 is 14.5 Å². The minimum atomic E-state index is -0.889. The Labute approximate surface area is 111 Å². The number of carbonyl (C=O) groups is 1. The van der Waals surface area contributed by atoms with Crippen LogP contribution in [-0.4, -0.2) is 23.0 Å². The summed E-state index contributed by atoms with van der Waals surface area (Å²) in [6, 6.07) is 6.43. The minimum absolute atomic E-state index is 0.0367. The maximum atomic E-state index is 11.7. The number of nitrogens with one attached hydrogen (secondary N) is 1. The summed E-state index contributed by atoms with van der Waals surface area (Å²) < 4.78 is 4.94. The summed E-state index contributed by atoms with van der Waals surface area (Å²) in [5, 5.41) is 13.8. The molecule has 0 radical (unpaired) electrons. The number of carbonyl (C=O) groups excluding carboxylic acids is 1. The van der Waals surface area contributed by atoms with E-state index < -0.39 is 10.5 Å². The maximum absolute atomic E-state index is 11.7. The van der Waals surface area contributed by atoms with Crippen molar-refractivity contribution in [2.45, 2.75) is 32.9 Å². The average Bonchev–Trinajstić information content (AvgIpc) is 2.37. The van der Waals surface area contributed by atoms with Crippen LogP contribution in [-0.2, 0) is 16.1 Å². The first kappa shape index (κ1) is 15.1. The molecule has 0 heterocycles. The van der Waals surface area contributed by atoms with Crippen molar-refractivity contribution >= 4 is 11.7 Å². The topological polar surface area (TPSA) is 81.5 Å². The number of nitro benzene ring substituents is 1. The van der Waals surface area contributed by atoms with Crippen LogP contribution in [0.15, 0.2) is 24.3 Å². The Morgan fingerprint density at radius 3 is 2.63 bits per heavy atom. The van der Waals surface area contributed by atoms with Crippen molar-refractivity contribution in [3.8, 4) is 0 Å². The number of benzene rings is 1. The van der Waals surface area contributed by atoms with Crippen LogP contribution < -0.4 is 5.32 Å². The third kappa shape index (κ3) is 4.03. The zero-order valence-corrected chi connectivity index (χ0v) is 11.3. The second-order valence-corrected chi connectivity index (χ2v) is 4.58. The normalized spacial score (nSPS) is 11.1. The number of hydrogen-bond acceptors (Lipinski definition) is 5. The van der Waals surface area contributed by atoms with E-state index >= 15 is 0 Å². The molecule has 1 aromatic rings. The first-order chi connectivity index (χ1) is 8.88. The Kier molecular flexibility index (Phi) is 5.00. The molecule has 6 heteroatoms. The van der Waals surface area contributed by atoms with Gasteiger partial charge in [-0.15, -0.1) is 0 Å². The standard InChI is InChI=1S/C13H18N2O4/c1-4-19-12(16)13(2,3)14-9-10-7-5-6-8-11(10)15(17)18/h5-8,14H,4,9H2,1-3H3. The molecule has 0 spiro atoms. The van der Waals surface area contributed by atoms with E-state index in [4.69, 9.17) is 4.74 Å². The molecule has 0 fully saturated rings. The van der Waals surface area contributed by atoms with Gasteiger partial charge in [0.15, 0.2) is 0 Å². The van der Waals surface area contributed by atoms with Crippen LogP contribution >= 0.6 is 0 Å². The van der Waals surface area contributed by atoms with Gasteiger partial charge in [0.25, 0.3) is 5.69 Å². The van der Waals surface area contributed by atoms with E-state index in [1.807, 2.05) is 0 Å². The Morgan fingerprint density at radius 2 is 2.05 bits per heavy atom. The van der Waals surface area contributed by atoms with E-state index in [2.05, 4.69) is 5.32 Å². The lowest BCUT2D eigenvalue weighted by atomic mass is 10.0.